The van der Waals surface area contributed by atoms with Gasteiger partial charge in [-0.05, 0) is 48.9 Å². The van der Waals surface area contributed by atoms with Gasteiger partial charge in [0.2, 0.25) is 15.0 Å². The molecule has 0 unspecified atom stereocenters. The third-order valence-corrected chi connectivity index (χ3v) is 6.23. The van der Waals surface area contributed by atoms with E-state index in [4.69, 9.17) is 16.0 Å². The van der Waals surface area contributed by atoms with Crippen LogP contribution in [0, 0.1) is 6.92 Å². The molecule has 2 aromatic carbocycles. The van der Waals surface area contributed by atoms with Crippen LogP contribution in [0.2, 0.25) is 5.02 Å². The first-order valence-corrected chi connectivity index (χ1v) is 12.9. The maximum Gasteiger partial charge on any atom is 0.276 e. The van der Waals surface area contributed by atoms with E-state index in [1.807, 2.05) is 48.2 Å². The third-order valence-electron chi connectivity index (χ3n) is 5.13. The number of benzene rings is 2. The number of anilines is 2. The molecule has 2 aromatic heterocycles. The first-order chi connectivity index (χ1) is 16.7. The van der Waals surface area contributed by atoms with E-state index in [1.54, 1.807) is 30.5 Å². The van der Waals surface area contributed by atoms with Crippen LogP contribution in [0.3, 0.4) is 0 Å². The van der Waals surface area contributed by atoms with Crippen LogP contribution in [-0.2, 0) is 22.9 Å². The summed E-state index contributed by atoms with van der Waals surface area (Å²) >= 11 is 6.18. The average molecular weight is 511 g/mol. The van der Waals surface area contributed by atoms with E-state index in [-0.39, 0.29) is 12.2 Å². The fourth-order valence-corrected chi connectivity index (χ4v) is 4.15. The molecule has 180 valence electrons. The molecule has 0 saturated carbocycles. The molecule has 35 heavy (non-hydrogen) atoms. The minimum absolute atomic E-state index is 0.0745. The van der Waals surface area contributed by atoms with Crippen molar-refractivity contribution in [1.29, 1.82) is 0 Å². The number of carbonyl (C=O) groups excluding carboxylic acids is 1. The van der Waals surface area contributed by atoms with E-state index in [0.717, 1.165) is 17.4 Å². The number of hydrogen-bond acceptors (Lipinski definition) is 7. The molecular formula is C25H23ClN4O4S. The average Bonchev–Trinajstić information content (AvgIpc) is 3.32. The summed E-state index contributed by atoms with van der Waals surface area (Å²) in [6.07, 6.45) is 3.90. The van der Waals surface area contributed by atoms with E-state index < -0.39 is 20.9 Å². The summed E-state index contributed by atoms with van der Waals surface area (Å²) in [6.45, 7) is 2.56. The summed E-state index contributed by atoms with van der Waals surface area (Å²) < 4.78 is 29.9. The molecule has 0 aliphatic carbocycles. The molecule has 0 fully saturated rings. The monoisotopic (exact) mass is 510 g/mol. The number of furan rings is 1. The van der Waals surface area contributed by atoms with Crippen LogP contribution in [0.15, 0.2) is 82.7 Å². The van der Waals surface area contributed by atoms with Gasteiger partial charge in [-0.25, -0.2) is 18.4 Å². The fourth-order valence-electron chi connectivity index (χ4n) is 3.44. The van der Waals surface area contributed by atoms with E-state index in [0.29, 0.717) is 28.7 Å². The Morgan fingerprint density at radius 1 is 1.09 bits per heavy atom. The molecular weight excluding hydrogens is 488 g/mol. The van der Waals surface area contributed by atoms with Gasteiger partial charge in [0.1, 0.15) is 5.76 Å². The van der Waals surface area contributed by atoms with E-state index in [9.17, 15) is 13.2 Å². The van der Waals surface area contributed by atoms with E-state index in [2.05, 4.69) is 15.3 Å². The Balaban J connectivity index is 1.78. The molecule has 1 N–H and O–H groups in total. The molecule has 0 saturated heterocycles. The van der Waals surface area contributed by atoms with Gasteiger partial charge < -0.3 is 14.6 Å². The van der Waals surface area contributed by atoms with E-state index >= 15 is 0 Å². The van der Waals surface area contributed by atoms with Crippen LogP contribution in [0.1, 0.15) is 27.4 Å². The fraction of sp³-hybridized carbons (Fsp3) is 0.160. The molecule has 4 aromatic rings. The lowest BCUT2D eigenvalue weighted by Gasteiger charge is -2.25. The lowest BCUT2D eigenvalue weighted by molar-refractivity contribution is 0.102. The second-order valence-corrected chi connectivity index (χ2v) is 10.4. The Kier molecular flexibility index (Phi) is 7.18. The highest BCUT2D eigenvalue weighted by atomic mass is 35.5. The van der Waals surface area contributed by atoms with Gasteiger partial charge in [-0.3, -0.25) is 4.79 Å². The van der Waals surface area contributed by atoms with Crippen LogP contribution < -0.4 is 10.2 Å². The van der Waals surface area contributed by atoms with E-state index in [1.165, 1.54) is 6.20 Å². The van der Waals surface area contributed by atoms with Crippen molar-refractivity contribution in [3.63, 3.8) is 0 Å². The summed E-state index contributed by atoms with van der Waals surface area (Å²) in [5.74, 6) is 0.0794. The molecule has 0 radical (unpaired) electrons. The first kappa shape index (κ1) is 24.4. The van der Waals surface area contributed by atoms with Crippen molar-refractivity contribution in [3.8, 4) is 0 Å². The van der Waals surface area contributed by atoms with Crippen molar-refractivity contribution in [2.24, 2.45) is 0 Å². The SMILES string of the molecule is Cc1ccc(NC(=O)c2nc(S(C)(=O)=O)ncc2N(Cc2cccc(Cl)c2)Cc2ccco2)cc1. The number of rotatable bonds is 8. The number of carbonyl (C=O) groups is 1. The number of hydrogen-bond donors (Lipinski definition) is 1. The number of amides is 1. The van der Waals surface area contributed by atoms with Crippen LogP contribution in [0.25, 0.3) is 0 Å². The van der Waals surface area contributed by atoms with Gasteiger partial charge in [0.05, 0.1) is 24.7 Å². The zero-order chi connectivity index (χ0) is 25.0. The van der Waals surface area contributed by atoms with Crippen LogP contribution in [0.4, 0.5) is 11.4 Å². The number of nitrogens with zero attached hydrogens (tertiary/aromatic N) is 3. The number of nitrogens with one attached hydrogen (secondary N) is 1. The molecule has 4 rings (SSSR count). The summed E-state index contributed by atoms with van der Waals surface area (Å²) in [7, 11) is -3.75. The van der Waals surface area contributed by atoms with Crippen molar-refractivity contribution in [2.75, 3.05) is 16.5 Å². The Bertz CT molecular complexity index is 1440. The summed E-state index contributed by atoms with van der Waals surface area (Å²) in [4.78, 5) is 23.4. The quantitative estimate of drug-likeness (QED) is 0.336. The topological polar surface area (TPSA) is 105 Å². The van der Waals surface area contributed by atoms with Gasteiger partial charge in [-0.15, -0.1) is 0 Å². The van der Waals surface area contributed by atoms with Crippen LogP contribution in [0.5, 0.6) is 0 Å². The van der Waals surface area contributed by atoms with Crippen molar-refractivity contribution >= 4 is 38.7 Å². The summed E-state index contributed by atoms with van der Waals surface area (Å²) in [5, 5.41) is 2.93. The molecule has 8 nitrogen and oxygen atoms in total. The van der Waals surface area contributed by atoms with Crippen molar-refractivity contribution in [3.05, 3.63) is 101 Å². The highest BCUT2D eigenvalue weighted by molar-refractivity contribution is 7.90. The normalized spacial score (nSPS) is 11.3. The van der Waals surface area contributed by atoms with Crippen molar-refractivity contribution < 1.29 is 17.6 Å². The minimum Gasteiger partial charge on any atom is -0.467 e. The standard InChI is InChI=1S/C25H23ClN4O4S/c1-17-8-10-20(11-9-17)28-24(31)23-22(14-27-25(29-23)35(2,32)33)30(16-21-7-4-12-34-21)15-18-5-3-6-19(26)13-18/h3-14H,15-16H2,1-2H3,(H,28,31). The molecule has 1 amide bonds. The molecule has 0 bridgehead atoms. The Labute approximate surface area is 208 Å². The predicted octanol–water partition coefficient (Wildman–Crippen LogP) is 4.89. The first-order valence-electron chi connectivity index (χ1n) is 10.7. The smallest absolute Gasteiger partial charge is 0.276 e. The van der Waals surface area contributed by atoms with Crippen LogP contribution >= 0.6 is 11.6 Å². The second kappa shape index (κ2) is 10.3. The highest BCUT2D eigenvalue weighted by Crippen LogP contribution is 2.26. The maximum absolute atomic E-state index is 13.3. The van der Waals surface area contributed by atoms with Gasteiger partial charge in [-0.1, -0.05) is 41.4 Å². The molecule has 0 aliphatic rings. The zero-order valence-electron chi connectivity index (χ0n) is 19.1. The molecule has 0 aliphatic heterocycles. The Morgan fingerprint density at radius 3 is 2.51 bits per heavy atom. The zero-order valence-corrected chi connectivity index (χ0v) is 20.7. The summed E-state index contributed by atoms with van der Waals surface area (Å²) in [6, 6.07) is 18.1. The summed E-state index contributed by atoms with van der Waals surface area (Å²) in [5.41, 5.74) is 2.74. The second-order valence-electron chi connectivity index (χ2n) is 8.04. The van der Waals surface area contributed by atoms with Crippen molar-refractivity contribution in [1.82, 2.24) is 9.97 Å². The molecule has 10 heteroatoms. The number of halogens is 1. The van der Waals surface area contributed by atoms with Crippen molar-refractivity contribution in [2.45, 2.75) is 25.2 Å². The number of aromatic nitrogens is 2. The third kappa shape index (κ3) is 6.26. The van der Waals surface area contributed by atoms with Gasteiger partial charge in [0.25, 0.3) is 5.91 Å². The van der Waals surface area contributed by atoms with Gasteiger partial charge in [-0.2, -0.15) is 0 Å². The predicted molar refractivity (Wildman–Crippen MR) is 134 cm³/mol. The number of sulfone groups is 1. The van der Waals surface area contributed by atoms with Gasteiger partial charge >= 0.3 is 0 Å². The van der Waals surface area contributed by atoms with Gasteiger partial charge in [0.15, 0.2) is 5.69 Å². The molecule has 2 heterocycles. The molecule has 0 spiro atoms. The lowest BCUT2D eigenvalue weighted by Crippen LogP contribution is -2.27. The molecule has 0 atom stereocenters. The Hall–Kier alpha value is -3.69. The highest BCUT2D eigenvalue weighted by Gasteiger charge is 2.24. The largest absolute Gasteiger partial charge is 0.467 e. The minimum atomic E-state index is -3.75. The van der Waals surface area contributed by atoms with Crippen LogP contribution in [-0.4, -0.2) is 30.5 Å². The Morgan fingerprint density at radius 2 is 1.86 bits per heavy atom. The lowest BCUT2D eigenvalue weighted by atomic mass is 10.1. The maximum atomic E-state index is 13.3. The van der Waals surface area contributed by atoms with Gasteiger partial charge in [0, 0.05) is 23.5 Å². The number of aryl methyl sites for hydroxylation is 1.